The summed E-state index contributed by atoms with van der Waals surface area (Å²) in [6.07, 6.45) is 4.00. The molecule has 18 heavy (non-hydrogen) atoms. The molecule has 0 radical (unpaired) electrons. The van der Waals surface area contributed by atoms with Gasteiger partial charge < -0.3 is 15.2 Å². The van der Waals surface area contributed by atoms with Gasteiger partial charge in [-0.1, -0.05) is 12.1 Å². The van der Waals surface area contributed by atoms with Crippen LogP contribution < -0.4 is 5.32 Å². The number of ether oxygens (including phenoxy) is 1. The van der Waals surface area contributed by atoms with Gasteiger partial charge in [-0.05, 0) is 37.1 Å². The molecule has 0 atom stereocenters. The molecule has 0 aliphatic rings. The van der Waals surface area contributed by atoms with Gasteiger partial charge in [-0.15, -0.1) is 0 Å². The lowest BCUT2D eigenvalue weighted by Crippen LogP contribution is -2.23. The minimum absolute atomic E-state index is 0.125. The Morgan fingerprint density at radius 1 is 1.39 bits per heavy atom. The van der Waals surface area contributed by atoms with E-state index in [2.05, 4.69) is 5.32 Å². The summed E-state index contributed by atoms with van der Waals surface area (Å²) in [7, 11) is 0. The molecule has 1 rings (SSSR count). The van der Waals surface area contributed by atoms with Gasteiger partial charge in [0, 0.05) is 25.8 Å². The molecule has 0 spiro atoms. The molecule has 0 aromatic heterocycles. The number of phenols is 1. The van der Waals surface area contributed by atoms with Gasteiger partial charge in [0.2, 0.25) is 5.91 Å². The zero-order valence-electron chi connectivity index (χ0n) is 10.6. The van der Waals surface area contributed by atoms with E-state index in [-0.39, 0.29) is 11.7 Å². The van der Waals surface area contributed by atoms with E-state index in [1.807, 2.05) is 6.92 Å². The van der Waals surface area contributed by atoms with E-state index in [1.54, 1.807) is 30.3 Å². The molecule has 0 saturated heterocycles. The van der Waals surface area contributed by atoms with Crippen LogP contribution in [0.2, 0.25) is 0 Å². The average molecular weight is 249 g/mol. The Hall–Kier alpha value is -1.81. The number of rotatable bonds is 7. The van der Waals surface area contributed by atoms with Crippen LogP contribution in [-0.2, 0) is 9.53 Å². The van der Waals surface area contributed by atoms with Crippen LogP contribution in [-0.4, -0.2) is 30.8 Å². The third-order valence-corrected chi connectivity index (χ3v) is 2.29. The molecule has 1 aromatic rings. The molecule has 98 valence electrons. The van der Waals surface area contributed by atoms with Crippen LogP contribution in [0.3, 0.4) is 0 Å². The number of hydrogen-bond acceptors (Lipinski definition) is 3. The van der Waals surface area contributed by atoms with E-state index in [0.29, 0.717) is 19.8 Å². The predicted octanol–water partition coefficient (Wildman–Crippen LogP) is 1.95. The smallest absolute Gasteiger partial charge is 0.244 e. The third-order valence-electron chi connectivity index (χ3n) is 2.29. The number of nitrogens with one attached hydrogen (secondary N) is 1. The van der Waals surface area contributed by atoms with E-state index < -0.39 is 0 Å². The molecule has 0 aliphatic carbocycles. The van der Waals surface area contributed by atoms with Gasteiger partial charge >= 0.3 is 0 Å². The number of hydrogen-bond donors (Lipinski definition) is 2. The fraction of sp³-hybridized carbons (Fsp3) is 0.357. The third kappa shape index (κ3) is 6.06. The van der Waals surface area contributed by atoms with Crippen molar-refractivity contribution in [2.24, 2.45) is 0 Å². The first-order valence-electron chi connectivity index (χ1n) is 6.05. The van der Waals surface area contributed by atoms with Crippen LogP contribution in [0, 0.1) is 0 Å². The molecule has 4 nitrogen and oxygen atoms in total. The molecule has 1 aromatic carbocycles. The Bertz CT molecular complexity index is 385. The Morgan fingerprint density at radius 3 is 2.78 bits per heavy atom. The van der Waals surface area contributed by atoms with Crippen molar-refractivity contribution >= 4 is 12.0 Å². The maximum Gasteiger partial charge on any atom is 0.244 e. The Kier molecular flexibility index (Phi) is 6.58. The van der Waals surface area contributed by atoms with Crippen LogP contribution >= 0.6 is 0 Å². The first-order chi connectivity index (χ1) is 8.72. The number of aromatic hydroxyl groups is 1. The zero-order valence-corrected chi connectivity index (χ0v) is 10.6. The standard InChI is InChI=1S/C14H19NO3/c1-2-18-11-3-10-15-14(17)9-6-12-4-7-13(16)8-5-12/h4-9,16H,2-3,10-11H2,1H3,(H,15,17)/b9-6+. The normalized spacial score (nSPS) is 10.7. The predicted molar refractivity (Wildman–Crippen MR) is 71.3 cm³/mol. The van der Waals surface area contributed by atoms with E-state index in [1.165, 1.54) is 6.08 Å². The van der Waals surface area contributed by atoms with E-state index in [4.69, 9.17) is 9.84 Å². The minimum Gasteiger partial charge on any atom is -0.508 e. The summed E-state index contributed by atoms with van der Waals surface area (Å²) in [5.41, 5.74) is 0.872. The van der Waals surface area contributed by atoms with Gasteiger partial charge in [-0.3, -0.25) is 4.79 Å². The Morgan fingerprint density at radius 2 is 2.11 bits per heavy atom. The lowest BCUT2D eigenvalue weighted by molar-refractivity contribution is -0.116. The highest BCUT2D eigenvalue weighted by Gasteiger charge is 1.95. The summed E-state index contributed by atoms with van der Waals surface area (Å²) in [5.74, 6) is 0.0899. The fourth-order valence-electron chi connectivity index (χ4n) is 1.35. The van der Waals surface area contributed by atoms with Crippen molar-refractivity contribution in [3.8, 4) is 5.75 Å². The second-order valence-electron chi connectivity index (χ2n) is 3.77. The highest BCUT2D eigenvalue weighted by molar-refractivity contribution is 5.91. The second-order valence-corrected chi connectivity index (χ2v) is 3.77. The number of carbonyl (C=O) groups is 1. The first-order valence-corrected chi connectivity index (χ1v) is 6.05. The molecule has 0 aliphatic heterocycles. The number of benzene rings is 1. The number of phenolic OH excluding ortho intramolecular Hbond substituents is 1. The van der Waals surface area contributed by atoms with Crippen molar-refractivity contribution in [3.05, 3.63) is 35.9 Å². The Labute approximate surface area is 107 Å². The van der Waals surface area contributed by atoms with Crippen molar-refractivity contribution in [3.63, 3.8) is 0 Å². The largest absolute Gasteiger partial charge is 0.508 e. The zero-order chi connectivity index (χ0) is 13.2. The summed E-state index contributed by atoms with van der Waals surface area (Å²) in [5, 5.41) is 11.9. The van der Waals surface area contributed by atoms with Crippen LogP contribution in [0.4, 0.5) is 0 Å². The molecule has 0 heterocycles. The maximum absolute atomic E-state index is 11.4. The van der Waals surface area contributed by atoms with Gasteiger partial charge in [0.25, 0.3) is 0 Å². The minimum atomic E-state index is -0.125. The average Bonchev–Trinajstić information content (AvgIpc) is 2.38. The summed E-state index contributed by atoms with van der Waals surface area (Å²) >= 11 is 0. The van der Waals surface area contributed by atoms with Gasteiger partial charge in [-0.25, -0.2) is 0 Å². The lowest BCUT2D eigenvalue weighted by Gasteiger charge is -2.02. The molecule has 2 N–H and O–H groups in total. The number of amides is 1. The monoisotopic (exact) mass is 249 g/mol. The summed E-state index contributed by atoms with van der Waals surface area (Å²) < 4.78 is 5.16. The molecular weight excluding hydrogens is 230 g/mol. The summed E-state index contributed by atoms with van der Waals surface area (Å²) in [4.78, 5) is 11.4. The van der Waals surface area contributed by atoms with Gasteiger partial charge in [0.1, 0.15) is 5.75 Å². The quantitative estimate of drug-likeness (QED) is 0.573. The van der Waals surface area contributed by atoms with E-state index >= 15 is 0 Å². The summed E-state index contributed by atoms with van der Waals surface area (Å²) in [6.45, 7) is 3.92. The highest BCUT2D eigenvalue weighted by atomic mass is 16.5. The van der Waals surface area contributed by atoms with Crippen LogP contribution in [0.15, 0.2) is 30.3 Å². The topological polar surface area (TPSA) is 58.6 Å². The molecule has 0 unspecified atom stereocenters. The van der Waals surface area contributed by atoms with E-state index in [9.17, 15) is 4.79 Å². The SMILES string of the molecule is CCOCCCNC(=O)/C=C/c1ccc(O)cc1. The van der Waals surface area contributed by atoms with Crippen molar-refractivity contribution < 1.29 is 14.6 Å². The van der Waals surface area contributed by atoms with Crippen LogP contribution in [0.25, 0.3) is 6.08 Å². The summed E-state index contributed by atoms with van der Waals surface area (Å²) in [6, 6.07) is 6.65. The molecule has 1 amide bonds. The van der Waals surface area contributed by atoms with Crippen LogP contribution in [0.1, 0.15) is 18.9 Å². The molecule has 0 fully saturated rings. The van der Waals surface area contributed by atoms with Crippen molar-refractivity contribution in [2.45, 2.75) is 13.3 Å². The molecule has 4 heteroatoms. The lowest BCUT2D eigenvalue weighted by atomic mass is 10.2. The second kappa shape index (κ2) is 8.31. The first kappa shape index (κ1) is 14.3. The highest BCUT2D eigenvalue weighted by Crippen LogP contribution is 2.10. The molecular formula is C14H19NO3. The van der Waals surface area contributed by atoms with Crippen molar-refractivity contribution in [1.29, 1.82) is 0 Å². The van der Waals surface area contributed by atoms with Gasteiger partial charge in [0.05, 0.1) is 0 Å². The molecule has 0 bridgehead atoms. The fourth-order valence-corrected chi connectivity index (χ4v) is 1.35. The van der Waals surface area contributed by atoms with Crippen molar-refractivity contribution in [1.82, 2.24) is 5.32 Å². The molecule has 0 saturated carbocycles. The van der Waals surface area contributed by atoms with Gasteiger partial charge in [0.15, 0.2) is 0 Å². The Balaban J connectivity index is 2.25. The van der Waals surface area contributed by atoms with Crippen LogP contribution in [0.5, 0.6) is 5.75 Å². The van der Waals surface area contributed by atoms with Crippen molar-refractivity contribution in [2.75, 3.05) is 19.8 Å². The number of carbonyl (C=O) groups excluding carboxylic acids is 1. The van der Waals surface area contributed by atoms with E-state index in [0.717, 1.165) is 12.0 Å². The maximum atomic E-state index is 11.4. The van der Waals surface area contributed by atoms with Gasteiger partial charge in [-0.2, -0.15) is 0 Å².